The fourth-order valence-electron chi connectivity index (χ4n) is 7.48. The van der Waals surface area contributed by atoms with Crippen LogP contribution in [-0.4, -0.2) is 0 Å². The van der Waals surface area contributed by atoms with Crippen LogP contribution in [0.15, 0.2) is 102 Å². The summed E-state index contributed by atoms with van der Waals surface area (Å²) in [7, 11) is 0. The molecule has 0 heterocycles. The molecule has 1 saturated carbocycles. The highest BCUT2D eigenvalue weighted by Gasteiger charge is 2.66. The molecule has 7 rings (SSSR count). The van der Waals surface area contributed by atoms with Crippen LogP contribution in [0.5, 0.6) is 0 Å². The number of para-hydroxylation sites is 1. The van der Waals surface area contributed by atoms with Gasteiger partial charge in [-0.1, -0.05) is 90.0 Å². The molecule has 2 heteroatoms. The van der Waals surface area contributed by atoms with E-state index in [1.165, 1.54) is 80.0 Å². The van der Waals surface area contributed by atoms with E-state index in [1.807, 2.05) is 0 Å². The minimum absolute atomic E-state index is 0.0188. The largest absolute Gasteiger partial charge is 0.310 e. The van der Waals surface area contributed by atoms with Gasteiger partial charge in [0.05, 0.1) is 5.69 Å². The molecule has 0 aromatic heterocycles. The molecule has 0 bridgehead atoms. The van der Waals surface area contributed by atoms with E-state index in [4.69, 9.17) is 0 Å². The minimum atomic E-state index is -0.0188. The van der Waals surface area contributed by atoms with E-state index in [0.717, 1.165) is 17.3 Å². The maximum atomic E-state index is 4.57. The van der Waals surface area contributed by atoms with Gasteiger partial charge in [0.15, 0.2) is 0 Å². The number of allylic oxidation sites excluding steroid dienone is 3. The lowest BCUT2D eigenvalue weighted by molar-refractivity contribution is 0.781. The summed E-state index contributed by atoms with van der Waals surface area (Å²) in [5.41, 5.74) is 16.0. The van der Waals surface area contributed by atoms with Crippen molar-refractivity contribution >= 4 is 38.6 Å². The number of aryl methyl sites for hydroxylation is 3. The molecule has 2 atom stereocenters. The number of halogens is 1. The first-order valence-corrected chi connectivity index (χ1v) is 15.0. The van der Waals surface area contributed by atoms with E-state index in [-0.39, 0.29) is 5.41 Å². The molecule has 0 radical (unpaired) electrons. The Morgan fingerprint density at radius 2 is 1.62 bits per heavy atom. The molecule has 1 fully saturated rings. The summed E-state index contributed by atoms with van der Waals surface area (Å²) in [6.07, 6.45) is 7.16. The van der Waals surface area contributed by atoms with Crippen molar-refractivity contribution in [1.82, 2.24) is 0 Å². The minimum Gasteiger partial charge on any atom is -0.310 e. The topological polar surface area (TPSA) is 3.24 Å². The molecule has 0 amide bonds. The zero-order valence-electron chi connectivity index (χ0n) is 23.0. The Labute approximate surface area is 241 Å². The molecule has 4 aromatic rings. The Kier molecular flexibility index (Phi) is 5.75. The van der Waals surface area contributed by atoms with Gasteiger partial charge in [0, 0.05) is 27.2 Å². The molecule has 3 aliphatic carbocycles. The summed E-state index contributed by atoms with van der Waals surface area (Å²) < 4.78 is 1.14. The quantitative estimate of drug-likeness (QED) is 0.208. The van der Waals surface area contributed by atoms with Crippen molar-refractivity contribution in [1.29, 1.82) is 0 Å². The van der Waals surface area contributed by atoms with Crippen LogP contribution in [0, 0.1) is 19.8 Å². The van der Waals surface area contributed by atoms with Crippen LogP contribution in [0.25, 0.3) is 16.7 Å². The number of unbranched alkanes of at least 4 members (excludes halogenated alkanes) is 1. The van der Waals surface area contributed by atoms with Crippen LogP contribution in [0.2, 0.25) is 0 Å². The van der Waals surface area contributed by atoms with Gasteiger partial charge in [0.25, 0.3) is 0 Å². The second kappa shape index (κ2) is 9.10. The highest BCUT2D eigenvalue weighted by atomic mass is 79.9. The van der Waals surface area contributed by atoms with E-state index >= 15 is 0 Å². The van der Waals surface area contributed by atoms with Gasteiger partial charge in [-0.25, -0.2) is 0 Å². The Balaban J connectivity index is 1.42. The summed E-state index contributed by atoms with van der Waals surface area (Å²) in [6.45, 7) is 11.4. The number of nitrogens with zero attached hydrogens (tertiary/aromatic N) is 1. The van der Waals surface area contributed by atoms with Gasteiger partial charge >= 0.3 is 0 Å². The Morgan fingerprint density at radius 1 is 0.872 bits per heavy atom. The van der Waals surface area contributed by atoms with Crippen molar-refractivity contribution in [3.63, 3.8) is 0 Å². The van der Waals surface area contributed by atoms with Crippen LogP contribution in [-0.2, 0) is 11.8 Å². The Bertz CT molecular complexity index is 1650. The van der Waals surface area contributed by atoms with Gasteiger partial charge in [0.1, 0.15) is 0 Å². The van der Waals surface area contributed by atoms with Crippen molar-refractivity contribution in [3.05, 3.63) is 129 Å². The molecule has 0 N–H and O–H groups in total. The maximum absolute atomic E-state index is 4.57. The fourth-order valence-corrected chi connectivity index (χ4v) is 7.84. The summed E-state index contributed by atoms with van der Waals surface area (Å²) >= 11 is 3.75. The van der Waals surface area contributed by atoms with Gasteiger partial charge in [-0.05, 0) is 114 Å². The number of rotatable bonds is 6. The van der Waals surface area contributed by atoms with Crippen molar-refractivity contribution in [2.45, 2.75) is 51.9 Å². The standard InChI is InChI=1S/C37H34BrN/c1-5-6-10-26-19-23(2)36(24(3)20-26)39(28-11-8-7-9-12-28)29-14-16-30-31-15-13-27(38)21-35(31)37-25(4)33(37)17-18-34(37)32(30)22-29/h7-9,11-16,18-22,33H,4-6,10,17H2,1-3H3. The highest BCUT2D eigenvalue weighted by Crippen LogP contribution is 2.74. The van der Waals surface area contributed by atoms with Gasteiger partial charge in [-0.15, -0.1) is 0 Å². The summed E-state index contributed by atoms with van der Waals surface area (Å²) in [5.74, 6) is 0.530. The third kappa shape index (κ3) is 3.57. The number of anilines is 3. The fraction of sp³-hybridized carbons (Fsp3) is 0.243. The van der Waals surface area contributed by atoms with E-state index < -0.39 is 0 Å². The molecule has 0 saturated heterocycles. The predicted octanol–water partition coefficient (Wildman–Crippen LogP) is 10.8. The molecule has 39 heavy (non-hydrogen) atoms. The molecule has 1 spiro atoms. The zero-order chi connectivity index (χ0) is 26.9. The summed E-state index contributed by atoms with van der Waals surface area (Å²) in [5, 5.41) is 0. The summed E-state index contributed by atoms with van der Waals surface area (Å²) in [4.78, 5) is 2.47. The molecule has 4 aromatic carbocycles. The van der Waals surface area contributed by atoms with Gasteiger partial charge in [-0.2, -0.15) is 0 Å². The van der Waals surface area contributed by atoms with Crippen molar-refractivity contribution in [2.75, 3.05) is 4.90 Å². The normalized spacial score (nSPS) is 20.1. The van der Waals surface area contributed by atoms with Crippen LogP contribution < -0.4 is 4.90 Å². The summed E-state index contributed by atoms with van der Waals surface area (Å²) in [6, 6.07) is 29.5. The average molecular weight is 573 g/mol. The third-order valence-electron chi connectivity index (χ3n) is 9.21. The second-order valence-corrected chi connectivity index (χ2v) is 12.4. The molecule has 194 valence electrons. The molecule has 0 aliphatic heterocycles. The molecular weight excluding hydrogens is 538 g/mol. The van der Waals surface area contributed by atoms with Crippen LogP contribution >= 0.6 is 15.9 Å². The monoisotopic (exact) mass is 571 g/mol. The van der Waals surface area contributed by atoms with Crippen molar-refractivity contribution in [3.8, 4) is 11.1 Å². The van der Waals surface area contributed by atoms with Gasteiger partial charge in [-0.3, -0.25) is 0 Å². The number of hydrogen-bond donors (Lipinski definition) is 0. The Hall–Kier alpha value is -3.36. The first-order valence-electron chi connectivity index (χ1n) is 14.2. The lowest BCUT2D eigenvalue weighted by Crippen LogP contribution is -2.19. The third-order valence-corrected chi connectivity index (χ3v) is 9.70. The number of fused-ring (bicyclic) bond motifs is 4. The van der Waals surface area contributed by atoms with Crippen molar-refractivity contribution in [2.24, 2.45) is 5.92 Å². The predicted molar refractivity (Wildman–Crippen MR) is 169 cm³/mol. The average Bonchev–Trinajstić information content (AvgIpc) is 3.30. The Morgan fingerprint density at radius 3 is 2.33 bits per heavy atom. The van der Waals surface area contributed by atoms with Crippen molar-refractivity contribution < 1.29 is 0 Å². The van der Waals surface area contributed by atoms with Crippen LogP contribution in [0.3, 0.4) is 0 Å². The van der Waals surface area contributed by atoms with E-state index in [0.29, 0.717) is 5.92 Å². The SMILES string of the molecule is C=C1C2CC=C3c4cc(N(c5ccccc5)c5c(C)cc(CCCC)cc5C)ccc4-c4ccc(Br)cc4C132. The maximum Gasteiger partial charge on any atom is 0.0520 e. The van der Waals surface area contributed by atoms with Gasteiger partial charge < -0.3 is 4.90 Å². The molecular formula is C37H34BrN. The zero-order valence-corrected chi connectivity index (χ0v) is 24.6. The van der Waals surface area contributed by atoms with Gasteiger partial charge in [0.2, 0.25) is 0 Å². The molecule has 3 aliphatic rings. The van der Waals surface area contributed by atoms with E-state index in [9.17, 15) is 0 Å². The number of hydrogen-bond acceptors (Lipinski definition) is 1. The van der Waals surface area contributed by atoms with E-state index in [1.54, 1.807) is 0 Å². The van der Waals surface area contributed by atoms with E-state index in [2.05, 4.69) is 133 Å². The molecule has 1 nitrogen and oxygen atoms in total. The molecule has 2 unspecified atom stereocenters. The first-order chi connectivity index (χ1) is 18.9. The first kappa shape index (κ1) is 24.7. The van der Waals surface area contributed by atoms with Crippen LogP contribution in [0.1, 0.15) is 54.0 Å². The highest BCUT2D eigenvalue weighted by molar-refractivity contribution is 9.10. The number of benzene rings is 4. The lowest BCUT2D eigenvalue weighted by Gasteiger charge is -2.33. The van der Waals surface area contributed by atoms with Crippen LogP contribution in [0.4, 0.5) is 17.1 Å². The smallest absolute Gasteiger partial charge is 0.0520 e. The lowest BCUT2D eigenvalue weighted by atomic mass is 9.73. The second-order valence-electron chi connectivity index (χ2n) is 11.5.